The summed E-state index contributed by atoms with van der Waals surface area (Å²) in [7, 11) is 0. The average molecular weight is 480 g/mol. The fourth-order valence-electron chi connectivity index (χ4n) is 3.93. The van der Waals surface area contributed by atoms with E-state index in [1.807, 2.05) is 37.3 Å². The molecule has 0 saturated carbocycles. The number of furan rings is 1. The first-order chi connectivity index (χ1) is 14.4. The quantitative estimate of drug-likeness (QED) is 0.299. The van der Waals surface area contributed by atoms with Crippen molar-refractivity contribution >= 4 is 47.4 Å². The molecule has 1 fully saturated rings. The Hall–Kier alpha value is -2.74. The number of carboxylic acids is 1. The number of fused-ring (bicyclic) bond motifs is 1. The third kappa shape index (κ3) is 5.35. The van der Waals surface area contributed by atoms with Crippen molar-refractivity contribution in [2.45, 2.75) is 31.8 Å². The van der Waals surface area contributed by atoms with Crippen LogP contribution in [0.5, 0.6) is 5.75 Å². The van der Waals surface area contributed by atoms with Crippen LogP contribution in [0.1, 0.15) is 35.0 Å². The molecule has 2 heterocycles. The normalized spacial score (nSPS) is 16.1. The number of amidine groups is 1. The fraction of sp³-hybridized carbons (Fsp3) is 0.304. The Balaban J connectivity index is 0.00000181. The number of nitrogens with two attached hydrogens (primary N) is 1. The number of benzene rings is 2. The molecule has 1 aliphatic heterocycles. The van der Waals surface area contributed by atoms with Crippen molar-refractivity contribution in [3.8, 4) is 5.75 Å². The van der Waals surface area contributed by atoms with Gasteiger partial charge in [-0.25, -0.2) is 0 Å². The molecule has 1 saturated heterocycles. The van der Waals surface area contributed by atoms with Gasteiger partial charge in [-0.05, 0) is 43.7 Å². The molecule has 1 unspecified atom stereocenters. The second-order valence-corrected chi connectivity index (χ2v) is 7.65. The van der Waals surface area contributed by atoms with Gasteiger partial charge in [-0.3, -0.25) is 10.2 Å². The smallest absolute Gasteiger partial charge is 0.311 e. The van der Waals surface area contributed by atoms with Gasteiger partial charge in [0.1, 0.15) is 29.2 Å². The van der Waals surface area contributed by atoms with E-state index in [2.05, 4.69) is 5.32 Å². The van der Waals surface area contributed by atoms with Crippen LogP contribution in [-0.2, 0) is 11.2 Å². The van der Waals surface area contributed by atoms with E-state index in [4.69, 9.17) is 20.3 Å². The summed E-state index contributed by atoms with van der Waals surface area (Å²) in [5.74, 6) is 0.369. The zero-order valence-corrected chi connectivity index (χ0v) is 19.2. The molecule has 2 aromatic carbocycles. The minimum atomic E-state index is -0.911. The van der Waals surface area contributed by atoms with Gasteiger partial charge in [-0.1, -0.05) is 24.3 Å². The van der Waals surface area contributed by atoms with Gasteiger partial charge in [-0.2, -0.15) is 0 Å². The first-order valence-corrected chi connectivity index (χ1v) is 9.99. The van der Waals surface area contributed by atoms with Gasteiger partial charge in [0, 0.05) is 29.3 Å². The molecule has 32 heavy (non-hydrogen) atoms. The first kappa shape index (κ1) is 25.5. The van der Waals surface area contributed by atoms with Crippen LogP contribution in [-0.4, -0.2) is 36.1 Å². The van der Waals surface area contributed by atoms with Crippen LogP contribution in [0, 0.1) is 12.3 Å². The van der Waals surface area contributed by atoms with E-state index in [9.17, 15) is 9.90 Å². The number of rotatable bonds is 7. The minimum absolute atomic E-state index is 0. The number of ether oxygens (including phenoxy) is 1. The maximum Gasteiger partial charge on any atom is 0.311 e. The first-order valence-electron chi connectivity index (χ1n) is 9.99. The summed E-state index contributed by atoms with van der Waals surface area (Å²) in [6.07, 6.45) is 1.35. The third-order valence-corrected chi connectivity index (χ3v) is 5.57. The van der Waals surface area contributed by atoms with Gasteiger partial charge in [0.2, 0.25) is 0 Å². The summed E-state index contributed by atoms with van der Waals surface area (Å²) in [5.41, 5.74) is 6.89. The third-order valence-electron chi connectivity index (χ3n) is 5.57. The summed E-state index contributed by atoms with van der Waals surface area (Å²) in [5, 5.41) is 22.4. The maximum atomic E-state index is 12.0. The van der Waals surface area contributed by atoms with Gasteiger partial charge in [0.25, 0.3) is 0 Å². The Kier molecular flexibility index (Phi) is 8.55. The molecular formula is C23H27Cl2N3O4. The monoisotopic (exact) mass is 479 g/mol. The average Bonchev–Trinajstić information content (AvgIpc) is 3.34. The van der Waals surface area contributed by atoms with Gasteiger partial charge in [0.05, 0.1) is 5.92 Å². The molecule has 2 atom stereocenters. The van der Waals surface area contributed by atoms with E-state index in [0.29, 0.717) is 22.6 Å². The van der Waals surface area contributed by atoms with E-state index in [-0.39, 0.29) is 43.2 Å². The van der Waals surface area contributed by atoms with E-state index in [0.717, 1.165) is 36.0 Å². The van der Waals surface area contributed by atoms with Crippen molar-refractivity contribution in [2.75, 3.05) is 13.1 Å². The van der Waals surface area contributed by atoms with Crippen LogP contribution in [0.3, 0.4) is 0 Å². The highest BCUT2D eigenvalue weighted by atomic mass is 35.5. The Morgan fingerprint density at radius 3 is 2.56 bits per heavy atom. The highest BCUT2D eigenvalue weighted by Gasteiger charge is 2.24. The van der Waals surface area contributed by atoms with Crippen molar-refractivity contribution in [2.24, 2.45) is 5.73 Å². The number of carboxylic acid groups (broad SMARTS) is 1. The predicted octanol–water partition coefficient (Wildman–Crippen LogP) is 4.02. The Morgan fingerprint density at radius 1 is 1.25 bits per heavy atom. The zero-order valence-electron chi connectivity index (χ0n) is 17.6. The molecule has 7 nitrogen and oxygen atoms in total. The number of aliphatic carboxylic acids is 1. The van der Waals surface area contributed by atoms with Crippen LogP contribution in [0.2, 0.25) is 0 Å². The molecule has 0 aliphatic carbocycles. The molecule has 1 aliphatic rings. The van der Waals surface area contributed by atoms with Crippen LogP contribution >= 0.6 is 24.8 Å². The SMILES string of the molecule is Cc1oc(CC(C(=O)O)c2ccc(O[C@H]3CCNC3)cc2)c2ccc(C(=N)N)cc12.Cl.Cl. The number of hydrogen-bond acceptors (Lipinski definition) is 5. The van der Waals surface area contributed by atoms with E-state index < -0.39 is 11.9 Å². The molecule has 3 aromatic rings. The summed E-state index contributed by atoms with van der Waals surface area (Å²) in [6, 6.07) is 12.7. The number of aryl methyl sites for hydroxylation is 1. The molecule has 5 N–H and O–H groups in total. The lowest BCUT2D eigenvalue weighted by atomic mass is 9.93. The van der Waals surface area contributed by atoms with Crippen LogP contribution in [0.25, 0.3) is 10.8 Å². The maximum absolute atomic E-state index is 12.0. The van der Waals surface area contributed by atoms with Crippen LogP contribution < -0.4 is 15.8 Å². The summed E-state index contributed by atoms with van der Waals surface area (Å²) in [6.45, 7) is 3.61. The van der Waals surface area contributed by atoms with Gasteiger partial charge >= 0.3 is 5.97 Å². The number of hydrogen-bond donors (Lipinski definition) is 4. The second-order valence-electron chi connectivity index (χ2n) is 7.65. The molecule has 9 heteroatoms. The fourth-order valence-corrected chi connectivity index (χ4v) is 3.93. The molecule has 1 aromatic heterocycles. The van der Waals surface area contributed by atoms with E-state index in [1.54, 1.807) is 12.1 Å². The molecule has 172 valence electrons. The van der Waals surface area contributed by atoms with Crippen molar-refractivity contribution in [3.05, 3.63) is 65.1 Å². The van der Waals surface area contributed by atoms with Gasteiger partial charge < -0.3 is 25.3 Å². The molecule has 0 radical (unpaired) electrons. The number of halogens is 2. The lowest BCUT2D eigenvalue weighted by molar-refractivity contribution is -0.138. The molecule has 0 bridgehead atoms. The molecule has 4 rings (SSSR count). The van der Waals surface area contributed by atoms with Crippen LogP contribution in [0.15, 0.2) is 46.9 Å². The molecular weight excluding hydrogens is 453 g/mol. The number of nitrogens with one attached hydrogen (secondary N) is 2. The summed E-state index contributed by atoms with van der Waals surface area (Å²) in [4.78, 5) is 12.0. The van der Waals surface area contributed by atoms with Crippen molar-refractivity contribution < 1.29 is 19.1 Å². The number of nitrogen functional groups attached to an aromatic ring is 1. The van der Waals surface area contributed by atoms with Crippen molar-refractivity contribution in [1.82, 2.24) is 5.32 Å². The van der Waals surface area contributed by atoms with Crippen LogP contribution in [0.4, 0.5) is 0 Å². The van der Waals surface area contributed by atoms with E-state index in [1.165, 1.54) is 0 Å². The summed E-state index contributed by atoms with van der Waals surface area (Å²) >= 11 is 0. The topological polar surface area (TPSA) is 122 Å². The lowest BCUT2D eigenvalue weighted by Crippen LogP contribution is -2.19. The highest BCUT2D eigenvalue weighted by Crippen LogP contribution is 2.32. The van der Waals surface area contributed by atoms with Gasteiger partial charge in [-0.15, -0.1) is 24.8 Å². The minimum Gasteiger partial charge on any atom is -0.489 e. The Labute approximate surface area is 198 Å². The lowest BCUT2D eigenvalue weighted by Gasteiger charge is -2.15. The van der Waals surface area contributed by atoms with Gasteiger partial charge in [0.15, 0.2) is 0 Å². The standard InChI is InChI=1S/C23H25N3O4.2ClH/c1-13-19-10-15(22(24)25)4-7-18(19)21(29-13)11-20(23(27)28)14-2-5-16(6-3-14)30-17-8-9-26-12-17;;/h2-7,10,17,20,26H,8-9,11-12H2,1H3,(H3,24,25)(H,27,28);2*1H/t17-,20?;;/m0../s1. The number of carbonyl (C=O) groups is 1. The van der Waals surface area contributed by atoms with E-state index >= 15 is 0 Å². The predicted molar refractivity (Wildman–Crippen MR) is 129 cm³/mol. The Bertz CT molecular complexity index is 1090. The Morgan fingerprint density at radius 2 is 1.97 bits per heavy atom. The largest absolute Gasteiger partial charge is 0.489 e. The molecule has 0 spiro atoms. The highest BCUT2D eigenvalue weighted by molar-refractivity contribution is 6.00. The second kappa shape index (κ2) is 10.7. The van der Waals surface area contributed by atoms with Crippen molar-refractivity contribution in [3.63, 3.8) is 0 Å². The zero-order chi connectivity index (χ0) is 21.3. The molecule has 0 amide bonds. The summed E-state index contributed by atoms with van der Waals surface area (Å²) < 4.78 is 11.8. The van der Waals surface area contributed by atoms with Crippen molar-refractivity contribution in [1.29, 1.82) is 5.41 Å².